The Morgan fingerprint density at radius 3 is 2.56 bits per heavy atom. The summed E-state index contributed by atoms with van der Waals surface area (Å²) >= 11 is 0. The minimum atomic E-state index is 0. The lowest BCUT2D eigenvalue weighted by atomic mass is 10.2. The van der Waals surface area contributed by atoms with E-state index < -0.39 is 0 Å². The number of aromatic hydroxyl groups is 1. The predicted molar refractivity (Wildman–Crippen MR) is 119 cm³/mol. The summed E-state index contributed by atoms with van der Waals surface area (Å²) in [5, 5.41) is 16.5. The summed E-state index contributed by atoms with van der Waals surface area (Å²) in [5.74, 6) is 1.25. The van der Waals surface area contributed by atoms with Gasteiger partial charge in [0.25, 0.3) is 0 Å². The van der Waals surface area contributed by atoms with E-state index in [4.69, 9.17) is 9.47 Å². The van der Waals surface area contributed by atoms with Crippen LogP contribution in [0.4, 0.5) is 0 Å². The molecule has 0 fully saturated rings. The Labute approximate surface area is 178 Å². The number of para-hydroxylation sites is 1. The van der Waals surface area contributed by atoms with E-state index in [1.54, 1.807) is 6.07 Å². The molecule has 0 aliphatic rings. The van der Waals surface area contributed by atoms with Gasteiger partial charge in [-0.05, 0) is 18.6 Å². The van der Waals surface area contributed by atoms with Crippen molar-refractivity contribution in [3.8, 4) is 11.5 Å². The van der Waals surface area contributed by atoms with Gasteiger partial charge in [0.2, 0.25) is 0 Å². The molecular weight excluding hydrogens is 457 g/mol. The maximum atomic E-state index is 10.1. The fourth-order valence-electron chi connectivity index (χ4n) is 2.37. The summed E-state index contributed by atoms with van der Waals surface area (Å²) in [6.07, 6.45) is 0. The highest BCUT2D eigenvalue weighted by Crippen LogP contribution is 2.29. The zero-order chi connectivity index (χ0) is 18.6. The number of hydrogen-bond acceptors (Lipinski definition) is 4. The van der Waals surface area contributed by atoms with Gasteiger partial charge in [0, 0.05) is 18.7 Å². The van der Waals surface area contributed by atoms with Crippen LogP contribution in [0.1, 0.15) is 18.1 Å². The third-order valence-corrected chi connectivity index (χ3v) is 3.70. The average Bonchev–Trinajstić information content (AvgIpc) is 2.67. The molecule has 0 spiro atoms. The van der Waals surface area contributed by atoms with Gasteiger partial charge in [-0.2, -0.15) is 0 Å². The number of nitrogens with zero attached hydrogens (tertiary/aromatic N) is 1. The lowest BCUT2D eigenvalue weighted by Gasteiger charge is -2.12. The molecule has 0 atom stereocenters. The smallest absolute Gasteiger partial charge is 0.191 e. The van der Waals surface area contributed by atoms with E-state index >= 15 is 0 Å². The lowest BCUT2D eigenvalue weighted by Crippen LogP contribution is -2.38. The number of rotatable bonds is 9. The maximum Gasteiger partial charge on any atom is 0.191 e. The number of halogens is 1. The highest BCUT2D eigenvalue weighted by molar-refractivity contribution is 14.0. The van der Waals surface area contributed by atoms with E-state index in [1.807, 2.05) is 49.4 Å². The molecule has 0 saturated carbocycles. The quantitative estimate of drug-likeness (QED) is 0.220. The molecule has 3 N–H and O–H groups in total. The van der Waals surface area contributed by atoms with Crippen LogP contribution in [0.2, 0.25) is 0 Å². The molecule has 6 nitrogen and oxygen atoms in total. The van der Waals surface area contributed by atoms with Crippen molar-refractivity contribution in [2.75, 3.05) is 26.8 Å². The lowest BCUT2D eigenvalue weighted by molar-refractivity contribution is 0.125. The van der Waals surface area contributed by atoms with Crippen molar-refractivity contribution in [1.82, 2.24) is 10.6 Å². The van der Waals surface area contributed by atoms with Crippen molar-refractivity contribution in [2.24, 2.45) is 4.99 Å². The first-order chi connectivity index (χ1) is 12.7. The second-order valence-electron chi connectivity index (χ2n) is 5.63. The molecule has 0 amide bonds. The zero-order valence-corrected chi connectivity index (χ0v) is 18.1. The summed E-state index contributed by atoms with van der Waals surface area (Å²) in [5.41, 5.74) is 1.86. The van der Waals surface area contributed by atoms with E-state index in [0.717, 1.165) is 12.1 Å². The number of methoxy groups -OCH3 is 1. The fourth-order valence-corrected chi connectivity index (χ4v) is 2.37. The summed E-state index contributed by atoms with van der Waals surface area (Å²) in [6.45, 7) is 4.91. The van der Waals surface area contributed by atoms with Crippen LogP contribution in [0.15, 0.2) is 53.5 Å². The molecule has 2 aromatic carbocycles. The molecule has 0 unspecified atom stereocenters. The van der Waals surface area contributed by atoms with E-state index in [1.165, 1.54) is 7.11 Å². The third kappa shape index (κ3) is 8.04. The molecule has 0 aliphatic carbocycles. The van der Waals surface area contributed by atoms with E-state index in [0.29, 0.717) is 43.6 Å². The monoisotopic (exact) mass is 485 g/mol. The molecule has 148 valence electrons. The third-order valence-electron chi connectivity index (χ3n) is 3.70. The Morgan fingerprint density at radius 1 is 1.07 bits per heavy atom. The van der Waals surface area contributed by atoms with Crippen LogP contribution in [0, 0.1) is 0 Å². The van der Waals surface area contributed by atoms with Crippen molar-refractivity contribution in [3.05, 3.63) is 59.7 Å². The van der Waals surface area contributed by atoms with Crippen LogP contribution in [0.3, 0.4) is 0 Å². The first-order valence-electron chi connectivity index (χ1n) is 8.73. The second-order valence-corrected chi connectivity index (χ2v) is 5.63. The van der Waals surface area contributed by atoms with E-state index in [2.05, 4.69) is 15.6 Å². The molecule has 0 bridgehead atoms. The molecule has 0 aromatic heterocycles. The van der Waals surface area contributed by atoms with Crippen molar-refractivity contribution < 1.29 is 14.6 Å². The van der Waals surface area contributed by atoms with Crippen molar-refractivity contribution >= 4 is 29.9 Å². The second kappa shape index (κ2) is 13.2. The van der Waals surface area contributed by atoms with Crippen LogP contribution < -0.4 is 15.4 Å². The Hall–Kier alpha value is -2.00. The first kappa shape index (κ1) is 23.0. The largest absolute Gasteiger partial charge is 0.504 e. The van der Waals surface area contributed by atoms with Crippen molar-refractivity contribution in [2.45, 2.75) is 20.1 Å². The molecule has 7 heteroatoms. The number of ether oxygens (including phenoxy) is 2. The molecule has 2 rings (SSSR count). The fraction of sp³-hybridized carbons (Fsp3) is 0.350. The topological polar surface area (TPSA) is 75.1 Å². The van der Waals surface area contributed by atoms with Gasteiger partial charge in [0.1, 0.15) is 0 Å². The van der Waals surface area contributed by atoms with Crippen molar-refractivity contribution in [3.63, 3.8) is 0 Å². The zero-order valence-electron chi connectivity index (χ0n) is 15.8. The number of aliphatic imine (C=N–C) groups is 1. The summed E-state index contributed by atoms with van der Waals surface area (Å²) in [6, 6.07) is 15.5. The summed E-state index contributed by atoms with van der Waals surface area (Å²) < 4.78 is 10.8. The van der Waals surface area contributed by atoms with Crippen LogP contribution in [0.5, 0.6) is 11.5 Å². The molecule has 0 aliphatic heterocycles. The SMILES string of the molecule is CCNC(=NCc1cccc(OC)c1O)NCCOCc1ccccc1.I. The number of nitrogens with one attached hydrogen (secondary N) is 2. The molecule has 0 heterocycles. The van der Waals surface area contributed by atoms with Crippen LogP contribution >= 0.6 is 24.0 Å². The van der Waals surface area contributed by atoms with Gasteiger partial charge in [-0.3, -0.25) is 0 Å². The molecule has 0 saturated heterocycles. The van der Waals surface area contributed by atoms with Crippen LogP contribution in [-0.2, 0) is 17.9 Å². The number of hydrogen-bond donors (Lipinski definition) is 3. The number of phenolic OH excluding ortho intramolecular Hbond substituents is 1. The normalized spacial score (nSPS) is 10.8. The van der Waals surface area contributed by atoms with Gasteiger partial charge >= 0.3 is 0 Å². The standard InChI is InChI=1S/C20H27N3O3.HI/c1-3-21-20(22-12-13-26-15-16-8-5-4-6-9-16)23-14-17-10-7-11-18(25-2)19(17)24;/h4-11,24H,3,12-15H2,1-2H3,(H2,21,22,23);1H. The number of phenols is 1. The minimum absolute atomic E-state index is 0. The maximum absolute atomic E-state index is 10.1. The highest BCUT2D eigenvalue weighted by atomic mass is 127. The highest BCUT2D eigenvalue weighted by Gasteiger charge is 2.07. The van der Waals surface area contributed by atoms with Crippen LogP contribution in [0.25, 0.3) is 0 Å². The van der Waals surface area contributed by atoms with Gasteiger partial charge in [0.05, 0.1) is 26.9 Å². The van der Waals surface area contributed by atoms with Gasteiger partial charge in [-0.15, -0.1) is 24.0 Å². The Balaban J connectivity index is 0.00000364. The first-order valence-corrected chi connectivity index (χ1v) is 8.73. The van der Waals surface area contributed by atoms with Crippen LogP contribution in [-0.4, -0.2) is 37.9 Å². The molecule has 2 aromatic rings. The molecule has 0 radical (unpaired) electrons. The molecule has 27 heavy (non-hydrogen) atoms. The Bertz CT molecular complexity index is 696. The summed E-state index contributed by atoms with van der Waals surface area (Å²) in [7, 11) is 1.53. The van der Waals surface area contributed by atoms with Gasteiger partial charge < -0.3 is 25.2 Å². The van der Waals surface area contributed by atoms with Gasteiger partial charge in [0.15, 0.2) is 17.5 Å². The van der Waals surface area contributed by atoms with E-state index in [9.17, 15) is 5.11 Å². The minimum Gasteiger partial charge on any atom is -0.504 e. The summed E-state index contributed by atoms with van der Waals surface area (Å²) in [4.78, 5) is 4.50. The number of benzene rings is 2. The Kier molecular flexibility index (Phi) is 11.3. The number of guanidine groups is 1. The predicted octanol–water partition coefficient (Wildman–Crippen LogP) is 3.29. The van der Waals surface area contributed by atoms with Gasteiger partial charge in [-0.1, -0.05) is 42.5 Å². The van der Waals surface area contributed by atoms with Gasteiger partial charge in [-0.25, -0.2) is 4.99 Å². The average molecular weight is 485 g/mol. The van der Waals surface area contributed by atoms with Crippen molar-refractivity contribution in [1.29, 1.82) is 0 Å². The van der Waals surface area contributed by atoms with E-state index in [-0.39, 0.29) is 29.7 Å². The Morgan fingerprint density at radius 2 is 1.85 bits per heavy atom. The molecular formula is C20H28IN3O3.